The molecule has 0 saturated heterocycles. The van der Waals surface area contributed by atoms with Crippen LogP contribution in [0.4, 0.5) is 9.52 Å². The summed E-state index contributed by atoms with van der Waals surface area (Å²) in [5.74, 6) is -0.227. The van der Waals surface area contributed by atoms with Gasteiger partial charge in [-0.05, 0) is 13.0 Å². The molecule has 2 rings (SSSR count). The molecule has 1 aromatic carbocycles. The number of nitrogens with one attached hydrogen (secondary N) is 1. The zero-order chi connectivity index (χ0) is 12.8. The topological polar surface area (TPSA) is 34.2 Å². The minimum Gasteiger partial charge on any atom is -0.371 e. The molecule has 0 spiro atoms. The van der Waals surface area contributed by atoms with Gasteiger partial charge in [-0.2, -0.15) is 0 Å². The third-order valence-corrected chi connectivity index (χ3v) is 3.27. The molecule has 1 heterocycles. The quantitative estimate of drug-likeness (QED) is 0.869. The summed E-state index contributed by atoms with van der Waals surface area (Å²) in [6, 6.07) is 6.64. The van der Waals surface area contributed by atoms with Gasteiger partial charge in [0.25, 0.3) is 0 Å². The van der Waals surface area contributed by atoms with Gasteiger partial charge in [0.15, 0.2) is 5.13 Å². The standard InChI is InChI=1S/C13H15FN2OS/c1-2-15-13-16-7-11(18-13)9-17-8-10-5-3-4-6-12(10)14/h3-7H,2,8-9H2,1H3,(H,15,16). The van der Waals surface area contributed by atoms with Crippen molar-refractivity contribution in [3.63, 3.8) is 0 Å². The van der Waals surface area contributed by atoms with Crippen molar-refractivity contribution >= 4 is 16.5 Å². The van der Waals surface area contributed by atoms with Crippen molar-refractivity contribution in [3.8, 4) is 0 Å². The predicted molar refractivity (Wildman–Crippen MR) is 71.2 cm³/mol. The van der Waals surface area contributed by atoms with Gasteiger partial charge in [-0.25, -0.2) is 9.37 Å². The maximum atomic E-state index is 13.3. The van der Waals surface area contributed by atoms with E-state index in [-0.39, 0.29) is 12.4 Å². The van der Waals surface area contributed by atoms with E-state index in [0.29, 0.717) is 12.2 Å². The average Bonchev–Trinajstić information content (AvgIpc) is 2.80. The van der Waals surface area contributed by atoms with E-state index in [4.69, 9.17) is 4.74 Å². The molecule has 96 valence electrons. The number of benzene rings is 1. The first-order valence-corrected chi connectivity index (χ1v) is 6.61. The summed E-state index contributed by atoms with van der Waals surface area (Å²) in [4.78, 5) is 5.23. The van der Waals surface area contributed by atoms with Crippen LogP contribution in [0.2, 0.25) is 0 Å². The molecule has 0 aliphatic heterocycles. The smallest absolute Gasteiger partial charge is 0.182 e. The first-order valence-electron chi connectivity index (χ1n) is 5.79. The van der Waals surface area contributed by atoms with Gasteiger partial charge >= 0.3 is 0 Å². The van der Waals surface area contributed by atoms with Crippen LogP contribution >= 0.6 is 11.3 Å². The fourth-order valence-corrected chi connectivity index (χ4v) is 2.30. The van der Waals surface area contributed by atoms with Gasteiger partial charge < -0.3 is 10.1 Å². The lowest BCUT2D eigenvalue weighted by Gasteiger charge is -2.03. The normalized spacial score (nSPS) is 10.6. The number of nitrogens with zero attached hydrogens (tertiary/aromatic N) is 1. The molecule has 3 nitrogen and oxygen atoms in total. The lowest BCUT2D eigenvalue weighted by atomic mass is 10.2. The molecule has 0 unspecified atom stereocenters. The Labute approximate surface area is 110 Å². The van der Waals surface area contributed by atoms with Crippen molar-refractivity contribution in [2.24, 2.45) is 0 Å². The molecule has 2 aromatic rings. The minimum atomic E-state index is -0.227. The zero-order valence-electron chi connectivity index (χ0n) is 10.1. The molecular weight excluding hydrogens is 251 g/mol. The minimum absolute atomic E-state index is 0.227. The van der Waals surface area contributed by atoms with Gasteiger partial charge in [-0.1, -0.05) is 29.5 Å². The van der Waals surface area contributed by atoms with Crippen LogP contribution in [-0.2, 0) is 18.0 Å². The molecular formula is C13H15FN2OS. The zero-order valence-corrected chi connectivity index (χ0v) is 11.0. The van der Waals surface area contributed by atoms with E-state index < -0.39 is 0 Å². The van der Waals surface area contributed by atoms with Crippen LogP contribution in [0, 0.1) is 5.82 Å². The largest absolute Gasteiger partial charge is 0.371 e. The fraction of sp³-hybridized carbons (Fsp3) is 0.308. The Morgan fingerprint density at radius 3 is 2.94 bits per heavy atom. The highest BCUT2D eigenvalue weighted by Crippen LogP contribution is 2.19. The molecule has 0 radical (unpaired) electrons. The lowest BCUT2D eigenvalue weighted by Crippen LogP contribution is -1.95. The van der Waals surface area contributed by atoms with Crippen LogP contribution in [0.1, 0.15) is 17.4 Å². The van der Waals surface area contributed by atoms with Gasteiger partial charge in [-0.3, -0.25) is 0 Å². The van der Waals surface area contributed by atoms with Crippen LogP contribution in [0.5, 0.6) is 0 Å². The number of thiazole rings is 1. The van der Waals surface area contributed by atoms with Crippen LogP contribution in [0.3, 0.4) is 0 Å². The van der Waals surface area contributed by atoms with Gasteiger partial charge in [-0.15, -0.1) is 0 Å². The summed E-state index contributed by atoms with van der Waals surface area (Å²) < 4.78 is 18.8. The van der Waals surface area contributed by atoms with Crippen molar-refractivity contribution in [1.29, 1.82) is 0 Å². The Balaban J connectivity index is 1.83. The van der Waals surface area contributed by atoms with Gasteiger partial charge in [0.05, 0.1) is 18.1 Å². The summed E-state index contributed by atoms with van der Waals surface area (Å²) in [5.41, 5.74) is 0.578. The van der Waals surface area contributed by atoms with Crippen LogP contribution in [0.25, 0.3) is 0 Å². The Hall–Kier alpha value is -1.46. The molecule has 0 saturated carbocycles. The Morgan fingerprint density at radius 2 is 2.17 bits per heavy atom. The van der Waals surface area contributed by atoms with E-state index in [0.717, 1.165) is 16.6 Å². The highest BCUT2D eigenvalue weighted by Gasteiger charge is 2.03. The van der Waals surface area contributed by atoms with Crippen molar-refractivity contribution in [1.82, 2.24) is 4.98 Å². The molecule has 5 heteroatoms. The van der Waals surface area contributed by atoms with Gasteiger partial charge in [0.2, 0.25) is 0 Å². The number of ether oxygens (including phenoxy) is 1. The van der Waals surface area contributed by atoms with Crippen molar-refractivity contribution in [2.75, 3.05) is 11.9 Å². The van der Waals surface area contributed by atoms with Crippen molar-refractivity contribution in [3.05, 3.63) is 46.7 Å². The third kappa shape index (κ3) is 3.51. The van der Waals surface area contributed by atoms with E-state index in [1.807, 2.05) is 6.92 Å². The monoisotopic (exact) mass is 266 g/mol. The molecule has 1 aromatic heterocycles. The van der Waals surface area contributed by atoms with Crippen LogP contribution < -0.4 is 5.32 Å². The van der Waals surface area contributed by atoms with E-state index >= 15 is 0 Å². The second kappa shape index (κ2) is 6.47. The number of hydrogen-bond donors (Lipinski definition) is 1. The van der Waals surface area contributed by atoms with Crippen LogP contribution in [0.15, 0.2) is 30.5 Å². The lowest BCUT2D eigenvalue weighted by molar-refractivity contribution is 0.107. The van der Waals surface area contributed by atoms with Gasteiger partial charge in [0.1, 0.15) is 5.82 Å². The molecule has 0 fully saturated rings. The second-order valence-corrected chi connectivity index (χ2v) is 4.86. The van der Waals surface area contributed by atoms with Crippen LogP contribution in [-0.4, -0.2) is 11.5 Å². The highest BCUT2D eigenvalue weighted by atomic mass is 32.1. The Morgan fingerprint density at radius 1 is 1.33 bits per heavy atom. The molecule has 0 atom stereocenters. The Kier molecular flexibility index (Phi) is 4.66. The van der Waals surface area contributed by atoms with Crippen molar-refractivity contribution < 1.29 is 9.13 Å². The number of hydrogen-bond acceptors (Lipinski definition) is 4. The highest BCUT2D eigenvalue weighted by molar-refractivity contribution is 7.15. The SMILES string of the molecule is CCNc1ncc(COCc2ccccc2F)s1. The third-order valence-electron chi connectivity index (χ3n) is 2.34. The predicted octanol–water partition coefficient (Wildman–Crippen LogP) is 3.43. The molecule has 0 aliphatic carbocycles. The fourth-order valence-electron chi connectivity index (χ4n) is 1.48. The van der Waals surface area contributed by atoms with Crippen molar-refractivity contribution in [2.45, 2.75) is 20.1 Å². The maximum absolute atomic E-state index is 13.3. The molecule has 0 bridgehead atoms. The molecule has 0 amide bonds. The van der Waals surface area contributed by atoms with E-state index in [1.54, 1.807) is 35.7 Å². The second-order valence-electron chi connectivity index (χ2n) is 3.75. The van der Waals surface area contributed by atoms with E-state index in [9.17, 15) is 4.39 Å². The summed E-state index contributed by atoms with van der Waals surface area (Å²) in [6.07, 6.45) is 1.78. The first kappa shape index (κ1) is 13.0. The number of anilines is 1. The average molecular weight is 266 g/mol. The number of aromatic nitrogens is 1. The summed E-state index contributed by atoms with van der Waals surface area (Å²) >= 11 is 1.56. The summed E-state index contributed by atoms with van der Waals surface area (Å²) in [7, 11) is 0. The van der Waals surface area contributed by atoms with E-state index in [2.05, 4.69) is 10.3 Å². The number of halogens is 1. The molecule has 18 heavy (non-hydrogen) atoms. The van der Waals surface area contributed by atoms with E-state index in [1.165, 1.54) is 6.07 Å². The summed E-state index contributed by atoms with van der Waals surface area (Å²) in [5, 5.41) is 4.03. The molecule has 1 N–H and O–H groups in total. The first-order chi connectivity index (χ1) is 8.79. The van der Waals surface area contributed by atoms with Gasteiger partial charge in [0, 0.05) is 18.3 Å². The number of rotatable bonds is 6. The summed E-state index contributed by atoms with van der Waals surface area (Å²) in [6.45, 7) is 3.61. The maximum Gasteiger partial charge on any atom is 0.182 e. The Bertz CT molecular complexity index is 501. The molecule has 0 aliphatic rings.